The maximum absolute atomic E-state index is 13.0. The fourth-order valence-electron chi connectivity index (χ4n) is 4.07. The molecule has 2 aromatic carbocycles. The highest BCUT2D eigenvalue weighted by atomic mass is 16.2. The van der Waals surface area contributed by atoms with Crippen molar-refractivity contribution in [2.75, 3.05) is 37.6 Å². The summed E-state index contributed by atoms with van der Waals surface area (Å²) in [7, 11) is 0. The molecule has 4 rings (SSSR count). The number of piperazine rings is 1. The van der Waals surface area contributed by atoms with Crippen molar-refractivity contribution in [2.24, 2.45) is 5.92 Å². The molecule has 0 unspecified atom stereocenters. The second kappa shape index (κ2) is 8.15. The number of nitrogens with zero attached hydrogens (tertiary/aromatic N) is 3. The van der Waals surface area contributed by atoms with Gasteiger partial charge in [-0.2, -0.15) is 0 Å². The van der Waals surface area contributed by atoms with Gasteiger partial charge in [-0.25, -0.2) is 0 Å². The molecule has 2 aromatic rings. The van der Waals surface area contributed by atoms with Gasteiger partial charge in [0.1, 0.15) is 0 Å². The third-order valence-electron chi connectivity index (χ3n) is 5.75. The Morgan fingerprint density at radius 3 is 2.32 bits per heavy atom. The number of carbonyl (C=O) groups is 2. The van der Waals surface area contributed by atoms with E-state index in [9.17, 15) is 9.59 Å². The van der Waals surface area contributed by atoms with E-state index in [1.165, 1.54) is 5.56 Å². The van der Waals surface area contributed by atoms with Gasteiger partial charge in [0.2, 0.25) is 11.8 Å². The molecule has 1 atom stereocenters. The topological polar surface area (TPSA) is 43.9 Å². The standard InChI is InChI=1S/C23H27N3O2/c1-18-7-9-21(10-8-18)26-17-20(15-22(26)27)23(28)25-13-11-24(12-14-25)16-19-5-3-2-4-6-19/h2-10,20H,11-17H2,1H3/t20-/m1/s1. The lowest BCUT2D eigenvalue weighted by Gasteiger charge is -2.36. The molecule has 2 fully saturated rings. The second-order valence-corrected chi connectivity index (χ2v) is 7.83. The number of carbonyl (C=O) groups excluding carboxylic acids is 2. The fraction of sp³-hybridized carbons (Fsp3) is 0.391. The lowest BCUT2D eigenvalue weighted by Crippen LogP contribution is -2.50. The number of hydrogen-bond donors (Lipinski definition) is 0. The average Bonchev–Trinajstić information content (AvgIpc) is 3.11. The molecule has 0 spiro atoms. The first kappa shape index (κ1) is 18.7. The van der Waals surface area contributed by atoms with Crippen molar-refractivity contribution < 1.29 is 9.59 Å². The molecule has 0 aromatic heterocycles. The fourth-order valence-corrected chi connectivity index (χ4v) is 4.07. The van der Waals surface area contributed by atoms with Crippen molar-refractivity contribution in [3.05, 3.63) is 65.7 Å². The van der Waals surface area contributed by atoms with Crippen LogP contribution in [0.2, 0.25) is 0 Å². The summed E-state index contributed by atoms with van der Waals surface area (Å²) in [5.41, 5.74) is 3.35. The van der Waals surface area contributed by atoms with Crippen LogP contribution in [-0.4, -0.2) is 54.3 Å². The van der Waals surface area contributed by atoms with Crippen LogP contribution in [0.5, 0.6) is 0 Å². The van der Waals surface area contributed by atoms with E-state index in [1.807, 2.05) is 42.2 Å². The van der Waals surface area contributed by atoms with Gasteiger partial charge >= 0.3 is 0 Å². The van der Waals surface area contributed by atoms with Crippen molar-refractivity contribution in [3.8, 4) is 0 Å². The normalized spacial score (nSPS) is 20.6. The van der Waals surface area contributed by atoms with Crippen molar-refractivity contribution in [1.29, 1.82) is 0 Å². The van der Waals surface area contributed by atoms with E-state index in [2.05, 4.69) is 29.2 Å². The Kier molecular flexibility index (Phi) is 5.44. The predicted molar refractivity (Wildman–Crippen MR) is 110 cm³/mol. The lowest BCUT2D eigenvalue weighted by molar-refractivity contribution is -0.137. The highest BCUT2D eigenvalue weighted by Gasteiger charge is 2.37. The summed E-state index contributed by atoms with van der Waals surface area (Å²) < 4.78 is 0. The molecule has 0 bridgehead atoms. The average molecular weight is 377 g/mol. The van der Waals surface area contributed by atoms with Gasteiger partial charge in [0.25, 0.3) is 0 Å². The largest absolute Gasteiger partial charge is 0.340 e. The predicted octanol–water partition coefficient (Wildman–Crippen LogP) is 2.69. The Bertz CT molecular complexity index is 827. The molecule has 2 aliphatic rings. The molecule has 2 amide bonds. The molecule has 2 aliphatic heterocycles. The molecule has 0 radical (unpaired) electrons. The molecule has 2 saturated heterocycles. The molecule has 0 N–H and O–H groups in total. The number of hydrogen-bond acceptors (Lipinski definition) is 3. The Hall–Kier alpha value is -2.66. The van der Waals surface area contributed by atoms with E-state index in [-0.39, 0.29) is 17.7 Å². The summed E-state index contributed by atoms with van der Waals surface area (Å²) >= 11 is 0. The van der Waals surface area contributed by atoms with E-state index < -0.39 is 0 Å². The monoisotopic (exact) mass is 377 g/mol. The number of aryl methyl sites for hydroxylation is 1. The lowest BCUT2D eigenvalue weighted by atomic mass is 10.1. The van der Waals surface area contributed by atoms with Crippen LogP contribution in [0.15, 0.2) is 54.6 Å². The van der Waals surface area contributed by atoms with Gasteiger partial charge < -0.3 is 9.80 Å². The maximum Gasteiger partial charge on any atom is 0.228 e. The summed E-state index contributed by atoms with van der Waals surface area (Å²) in [6.45, 7) is 6.67. The quantitative estimate of drug-likeness (QED) is 0.823. The van der Waals surface area contributed by atoms with Crippen LogP contribution >= 0.6 is 0 Å². The van der Waals surface area contributed by atoms with Crippen LogP contribution in [0.4, 0.5) is 5.69 Å². The van der Waals surface area contributed by atoms with Crippen LogP contribution in [0.3, 0.4) is 0 Å². The first-order chi connectivity index (χ1) is 13.6. The Balaban J connectivity index is 1.32. The van der Waals surface area contributed by atoms with E-state index >= 15 is 0 Å². The molecular weight excluding hydrogens is 350 g/mol. The van der Waals surface area contributed by atoms with Gasteiger partial charge in [-0.1, -0.05) is 48.0 Å². The molecule has 5 nitrogen and oxygen atoms in total. The van der Waals surface area contributed by atoms with Crippen molar-refractivity contribution in [3.63, 3.8) is 0 Å². The zero-order valence-corrected chi connectivity index (χ0v) is 16.4. The van der Waals surface area contributed by atoms with Gasteiger partial charge in [-0.15, -0.1) is 0 Å². The van der Waals surface area contributed by atoms with Crippen molar-refractivity contribution >= 4 is 17.5 Å². The summed E-state index contributed by atoms with van der Waals surface area (Å²) in [5.74, 6) is -0.0540. The summed E-state index contributed by atoms with van der Waals surface area (Å²) in [4.78, 5) is 31.5. The minimum Gasteiger partial charge on any atom is -0.340 e. The van der Waals surface area contributed by atoms with E-state index in [1.54, 1.807) is 4.90 Å². The summed E-state index contributed by atoms with van der Waals surface area (Å²) in [6.07, 6.45) is 0.316. The van der Waals surface area contributed by atoms with Crippen LogP contribution in [0, 0.1) is 12.8 Å². The minimum atomic E-state index is -0.227. The summed E-state index contributed by atoms with van der Waals surface area (Å²) in [6, 6.07) is 18.4. The number of benzene rings is 2. The van der Waals surface area contributed by atoms with Gasteiger partial charge in [0.15, 0.2) is 0 Å². The molecule has 2 heterocycles. The van der Waals surface area contributed by atoms with Crippen LogP contribution in [-0.2, 0) is 16.1 Å². The highest BCUT2D eigenvalue weighted by molar-refractivity contribution is 6.00. The first-order valence-corrected chi connectivity index (χ1v) is 10.0. The number of anilines is 1. The molecule has 0 aliphatic carbocycles. The van der Waals surface area contributed by atoms with Crippen LogP contribution in [0.25, 0.3) is 0 Å². The number of amides is 2. The van der Waals surface area contributed by atoms with Gasteiger partial charge in [0, 0.05) is 51.4 Å². The van der Waals surface area contributed by atoms with E-state index in [4.69, 9.17) is 0 Å². The first-order valence-electron chi connectivity index (χ1n) is 10.0. The Morgan fingerprint density at radius 2 is 1.64 bits per heavy atom. The Labute approximate surface area is 166 Å². The summed E-state index contributed by atoms with van der Waals surface area (Å²) in [5, 5.41) is 0. The van der Waals surface area contributed by atoms with Gasteiger partial charge in [-0.05, 0) is 24.6 Å². The molecule has 28 heavy (non-hydrogen) atoms. The van der Waals surface area contributed by atoms with Gasteiger partial charge in [-0.3, -0.25) is 14.5 Å². The van der Waals surface area contributed by atoms with Crippen molar-refractivity contribution in [1.82, 2.24) is 9.80 Å². The Morgan fingerprint density at radius 1 is 0.964 bits per heavy atom. The third-order valence-corrected chi connectivity index (χ3v) is 5.75. The molecule has 146 valence electrons. The molecular formula is C23H27N3O2. The third kappa shape index (κ3) is 4.09. The van der Waals surface area contributed by atoms with Crippen LogP contribution in [0.1, 0.15) is 17.5 Å². The van der Waals surface area contributed by atoms with Gasteiger partial charge in [0.05, 0.1) is 5.92 Å². The number of rotatable bonds is 4. The smallest absolute Gasteiger partial charge is 0.228 e. The SMILES string of the molecule is Cc1ccc(N2C[C@H](C(=O)N3CCN(Cc4ccccc4)CC3)CC2=O)cc1. The second-order valence-electron chi connectivity index (χ2n) is 7.83. The van der Waals surface area contributed by atoms with Crippen molar-refractivity contribution in [2.45, 2.75) is 19.9 Å². The van der Waals surface area contributed by atoms with Crippen LogP contribution < -0.4 is 4.90 Å². The molecule has 0 saturated carbocycles. The highest BCUT2D eigenvalue weighted by Crippen LogP contribution is 2.27. The van der Waals surface area contributed by atoms with E-state index in [0.29, 0.717) is 13.0 Å². The maximum atomic E-state index is 13.0. The van der Waals surface area contributed by atoms with E-state index in [0.717, 1.165) is 44.0 Å². The zero-order valence-electron chi connectivity index (χ0n) is 16.4. The minimum absolute atomic E-state index is 0.0462. The zero-order chi connectivity index (χ0) is 19.5. The molecule has 5 heteroatoms.